The number of carbonyl (C=O) groups is 1. The number of hydrogen-bond acceptors (Lipinski definition) is 6. The summed E-state index contributed by atoms with van der Waals surface area (Å²) in [5.74, 6) is 0.403. The number of piperidine rings is 1. The van der Waals surface area contributed by atoms with Gasteiger partial charge in [0.1, 0.15) is 17.9 Å². The smallest absolute Gasteiger partial charge is 0.407 e. The van der Waals surface area contributed by atoms with Gasteiger partial charge in [0.25, 0.3) is 10.0 Å². The fourth-order valence-electron chi connectivity index (χ4n) is 4.52. The Hall–Kier alpha value is -3.88. The predicted octanol–water partition coefficient (Wildman–Crippen LogP) is 5.40. The van der Waals surface area contributed by atoms with E-state index in [0.29, 0.717) is 58.2 Å². The van der Waals surface area contributed by atoms with Crippen LogP contribution in [0.15, 0.2) is 70.3 Å². The molecule has 3 heterocycles. The average Bonchev–Trinajstić information content (AvgIpc) is 3.29. The van der Waals surface area contributed by atoms with Crippen LogP contribution in [-0.2, 0) is 10.0 Å². The molecule has 11 heteroatoms. The molecule has 0 unspecified atom stereocenters. The standard InChI is InChI=1S/C27H23BrN4O5S/c1-17-2-5-22(6-3-17)38(35,36)32-16-24(23-13-20(28)15-30-26(23)32)18-4-7-25(19(12-18)14-29)37-21-8-10-31(11-9-21)27(33)34/h2-7,12-13,15-16,21H,8-11H2,1H3,(H,33,34). The van der Waals surface area contributed by atoms with Crippen LogP contribution in [0, 0.1) is 18.3 Å². The predicted molar refractivity (Wildman–Crippen MR) is 145 cm³/mol. The van der Waals surface area contributed by atoms with Crippen LogP contribution in [0.4, 0.5) is 4.79 Å². The number of halogens is 1. The van der Waals surface area contributed by atoms with Crippen molar-refractivity contribution in [1.29, 1.82) is 5.26 Å². The lowest BCUT2D eigenvalue weighted by molar-refractivity contribution is 0.0893. The highest BCUT2D eigenvalue weighted by atomic mass is 79.9. The van der Waals surface area contributed by atoms with Crippen LogP contribution < -0.4 is 4.74 Å². The van der Waals surface area contributed by atoms with E-state index in [1.54, 1.807) is 54.7 Å². The molecule has 0 radical (unpaired) electrons. The molecule has 4 aromatic rings. The Labute approximate surface area is 228 Å². The molecule has 2 aromatic carbocycles. The maximum absolute atomic E-state index is 13.6. The molecule has 1 fully saturated rings. The van der Waals surface area contributed by atoms with Gasteiger partial charge >= 0.3 is 6.09 Å². The molecule has 0 atom stereocenters. The van der Waals surface area contributed by atoms with Crippen molar-refractivity contribution < 1.29 is 23.1 Å². The van der Waals surface area contributed by atoms with Gasteiger partial charge in [0.2, 0.25) is 0 Å². The number of likely N-dealkylation sites (tertiary alicyclic amines) is 1. The normalized spacial score (nSPS) is 14.4. The van der Waals surface area contributed by atoms with Crippen LogP contribution in [0.3, 0.4) is 0 Å². The Kier molecular flexibility index (Phi) is 6.86. The second-order valence-electron chi connectivity index (χ2n) is 9.09. The van der Waals surface area contributed by atoms with Gasteiger partial charge in [0.15, 0.2) is 5.65 Å². The number of carboxylic acid groups (broad SMARTS) is 1. The highest BCUT2D eigenvalue weighted by Crippen LogP contribution is 2.36. The Morgan fingerprint density at radius 2 is 1.87 bits per heavy atom. The van der Waals surface area contributed by atoms with Crippen molar-refractivity contribution in [3.8, 4) is 22.9 Å². The largest absolute Gasteiger partial charge is 0.489 e. The van der Waals surface area contributed by atoms with Crippen molar-refractivity contribution in [3.63, 3.8) is 0 Å². The second-order valence-corrected chi connectivity index (χ2v) is 11.8. The van der Waals surface area contributed by atoms with Crippen LogP contribution in [0.25, 0.3) is 22.2 Å². The summed E-state index contributed by atoms with van der Waals surface area (Å²) in [5, 5.41) is 19.6. The zero-order valence-corrected chi connectivity index (χ0v) is 22.7. The van der Waals surface area contributed by atoms with E-state index in [0.717, 1.165) is 5.56 Å². The molecular weight excluding hydrogens is 572 g/mol. The molecule has 1 amide bonds. The van der Waals surface area contributed by atoms with E-state index in [-0.39, 0.29) is 16.6 Å². The number of ether oxygens (including phenoxy) is 1. The summed E-state index contributed by atoms with van der Waals surface area (Å²) < 4.78 is 35.0. The van der Waals surface area contributed by atoms with Gasteiger partial charge in [0.05, 0.1) is 10.5 Å². The van der Waals surface area contributed by atoms with Crippen LogP contribution in [0.5, 0.6) is 5.75 Å². The Morgan fingerprint density at radius 1 is 1.16 bits per heavy atom. The van der Waals surface area contributed by atoms with Gasteiger partial charge < -0.3 is 14.7 Å². The van der Waals surface area contributed by atoms with Crippen molar-refractivity contribution >= 4 is 43.1 Å². The first-order valence-corrected chi connectivity index (χ1v) is 14.1. The second kappa shape index (κ2) is 10.1. The number of aryl methyl sites for hydroxylation is 1. The third-order valence-electron chi connectivity index (χ3n) is 6.57. The minimum atomic E-state index is -3.93. The van der Waals surface area contributed by atoms with E-state index in [4.69, 9.17) is 9.84 Å². The first-order valence-electron chi connectivity index (χ1n) is 11.9. The van der Waals surface area contributed by atoms with Crippen molar-refractivity contribution in [3.05, 3.63) is 76.5 Å². The molecule has 194 valence electrons. The maximum Gasteiger partial charge on any atom is 0.407 e. The molecule has 9 nitrogen and oxygen atoms in total. The lowest BCUT2D eigenvalue weighted by Gasteiger charge is -2.30. The Bertz CT molecular complexity index is 1690. The average molecular weight is 595 g/mol. The maximum atomic E-state index is 13.6. The molecule has 38 heavy (non-hydrogen) atoms. The van der Waals surface area contributed by atoms with E-state index >= 15 is 0 Å². The molecule has 1 aliphatic heterocycles. The first-order chi connectivity index (χ1) is 18.2. The molecule has 1 aliphatic rings. The molecule has 0 bridgehead atoms. The molecule has 0 saturated carbocycles. The van der Waals surface area contributed by atoms with Crippen molar-refractivity contribution in [2.24, 2.45) is 0 Å². The first kappa shape index (κ1) is 25.8. The highest BCUT2D eigenvalue weighted by Gasteiger charge is 2.26. The fraction of sp³-hybridized carbons (Fsp3) is 0.222. The van der Waals surface area contributed by atoms with E-state index in [2.05, 4.69) is 27.0 Å². The number of amides is 1. The van der Waals surface area contributed by atoms with Gasteiger partial charge in [-0.05, 0) is 58.7 Å². The molecule has 1 N–H and O–H groups in total. The summed E-state index contributed by atoms with van der Waals surface area (Å²) >= 11 is 3.43. The van der Waals surface area contributed by atoms with Gasteiger partial charge in [-0.3, -0.25) is 0 Å². The molecule has 2 aromatic heterocycles. The van der Waals surface area contributed by atoms with Crippen LogP contribution in [0.2, 0.25) is 0 Å². The Balaban J connectivity index is 1.53. The molecule has 1 saturated heterocycles. The van der Waals surface area contributed by atoms with Gasteiger partial charge in [0, 0.05) is 53.7 Å². The van der Waals surface area contributed by atoms with Crippen molar-refractivity contribution in [1.82, 2.24) is 13.9 Å². The number of aromatic nitrogens is 2. The lowest BCUT2D eigenvalue weighted by Crippen LogP contribution is -2.41. The zero-order valence-electron chi connectivity index (χ0n) is 20.3. The van der Waals surface area contributed by atoms with E-state index < -0.39 is 16.1 Å². The number of pyridine rings is 1. The summed E-state index contributed by atoms with van der Waals surface area (Å²) in [4.78, 5) is 17.0. The molecule has 5 rings (SSSR count). The number of benzene rings is 2. The quantitative estimate of drug-likeness (QED) is 0.327. The van der Waals surface area contributed by atoms with Gasteiger partial charge in [-0.1, -0.05) is 23.8 Å². The summed E-state index contributed by atoms with van der Waals surface area (Å²) in [6.45, 7) is 2.63. The van der Waals surface area contributed by atoms with Crippen LogP contribution in [0.1, 0.15) is 24.0 Å². The highest BCUT2D eigenvalue weighted by molar-refractivity contribution is 9.10. The Morgan fingerprint density at radius 3 is 2.53 bits per heavy atom. The fourth-order valence-corrected chi connectivity index (χ4v) is 6.18. The summed E-state index contributed by atoms with van der Waals surface area (Å²) in [5.41, 5.74) is 2.75. The van der Waals surface area contributed by atoms with Crippen molar-refractivity contribution in [2.45, 2.75) is 30.8 Å². The molecular formula is C27H23BrN4O5S. The third kappa shape index (κ3) is 4.85. The van der Waals surface area contributed by atoms with E-state index in [9.17, 15) is 18.5 Å². The third-order valence-corrected chi connectivity index (χ3v) is 8.67. The summed E-state index contributed by atoms with van der Waals surface area (Å²) in [6, 6.07) is 15.7. The van der Waals surface area contributed by atoms with E-state index in [1.165, 1.54) is 15.1 Å². The zero-order chi connectivity index (χ0) is 27.0. The van der Waals surface area contributed by atoms with Gasteiger partial charge in [-0.25, -0.2) is 22.2 Å². The van der Waals surface area contributed by atoms with Crippen molar-refractivity contribution in [2.75, 3.05) is 13.1 Å². The summed E-state index contributed by atoms with van der Waals surface area (Å²) in [7, 11) is -3.93. The van der Waals surface area contributed by atoms with Crippen LogP contribution >= 0.6 is 15.9 Å². The SMILES string of the molecule is Cc1ccc(S(=O)(=O)n2cc(-c3ccc(OC4CCN(C(=O)O)CC4)c(C#N)c3)c3cc(Br)cnc32)cc1. The van der Waals surface area contributed by atoms with Crippen LogP contribution in [-0.4, -0.2) is 52.7 Å². The minimum Gasteiger partial charge on any atom is -0.489 e. The van der Waals surface area contributed by atoms with Gasteiger partial charge in [-0.15, -0.1) is 0 Å². The van der Waals surface area contributed by atoms with Gasteiger partial charge in [-0.2, -0.15) is 5.26 Å². The number of hydrogen-bond donors (Lipinski definition) is 1. The number of nitrogens with zero attached hydrogens (tertiary/aromatic N) is 4. The lowest BCUT2D eigenvalue weighted by atomic mass is 10.0. The monoisotopic (exact) mass is 594 g/mol. The number of fused-ring (bicyclic) bond motifs is 1. The number of rotatable bonds is 5. The molecule has 0 aliphatic carbocycles. The molecule has 0 spiro atoms. The summed E-state index contributed by atoms with van der Waals surface area (Å²) in [6.07, 6.45) is 2.98. The van der Waals surface area contributed by atoms with E-state index in [1.807, 2.05) is 6.92 Å². The minimum absolute atomic E-state index is 0.145. The number of nitriles is 1. The topological polar surface area (TPSA) is 126 Å².